The Labute approximate surface area is 125 Å². The van der Waals surface area contributed by atoms with E-state index in [2.05, 4.69) is 10.2 Å². The molecule has 0 aliphatic carbocycles. The Kier molecular flexibility index (Phi) is 4.07. The molecule has 0 bridgehead atoms. The predicted octanol–water partition coefficient (Wildman–Crippen LogP) is 5.00. The molecule has 0 saturated heterocycles. The molecule has 0 saturated carbocycles. The minimum atomic E-state index is 0.149. The van der Waals surface area contributed by atoms with Crippen molar-refractivity contribution in [2.24, 2.45) is 0 Å². The van der Waals surface area contributed by atoms with Crippen LogP contribution in [0.4, 0.5) is 0 Å². The van der Waals surface area contributed by atoms with E-state index in [9.17, 15) is 0 Å². The van der Waals surface area contributed by atoms with Gasteiger partial charge in [0.1, 0.15) is 5.82 Å². The Morgan fingerprint density at radius 1 is 0.944 bits per heavy atom. The Morgan fingerprint density at radius 3 is 2.17 bits per heavy atom. The first-order valence-electron chi connectivity index (χ1n) is 5.17. The number of benzene rings is 1. The standard InChI is InChI=1S/C11H9Cl4N3/c1-5(2)10-16-17-11(15)18(10)9-4-7(13)6(12)3-8(9)14/h3-5H,1-2H3. The normalized spacial score (nSPS) is 11.3. The highest BCUT2D eigenvalue weighted by atomic mass is 35.5. The average Bonchev–Trinajstić information content (AvgIpc) is 2.66. The molecule has 1 heterocycles. The maximum Gasteiger partial charge on any atom is 0.229 e. The summed E-state index contributed by atoms with van der Waals surface area (Å²) < 4.78 is 1.66. The molecular weight excluding hydrogens is 316 g/mol. The van der Waals surface area contributed by atoms with Crippen molar-refractivity contribution >= 4 is 46.4 Å². The van der Waals surface area contributed by atoms with E-state index in [4.69, 9.17) is 46.4 Å². The van der Waals surface area contributed by atoms with Gasteiger partial charge in [-0.15, -0.1) is 10.2 Å². The van der Waals surface area contributed by atoms with Gasteiger partial charge in [0.05, 0.1) is 20.8 Å². The molecule has 7 heteroatoms. The topological polar surface area (TPSA) is 30.7 Å². The van der Waals surface area contributed by atoms with Gasteiger partial charge >= 0.3 is 0 Å². The molecule has 0 N–H and O–H groups in total. The van der Waals surface area contributed by atoms with E-state index in [1.807, 2.05) is 13.8 Å². The van der Waals surface area contributed by atoms with E-state index in [-0.39, 0.29) is 11.2 Å². The minimum Gasteiger partial charge on any atom is -0.268 e. The third-order valence-corrected chi connectivity index (χ3v) is 3.67. The lowest BCUT2D eigenvalue weighted by atomic mass is 10.2. The van der Waals surface area contributed by atoms with Crippen LogP contribution in [0.25, 0.3) is 5.69 Å². The lowest BCUT2D eigenvalue weighted by Gasteiger charge is -2.12. The number of hydrogen-bond donors (Lipinski definition) is 0. The summed E-state index contributed by atoms with van der Waals surface area (Å²) >= 11 is 24.1. The molecule has 3 nitrogen and oxygen atoms in total. The van der Waals surface area contributed by atoms with Gasteiger partial charge in [0.2, 0.25) is 5.28 Å². The van der Waals surface area contributed by atoms with Gasteiger partial charge in [-0.25, -0.2) is 0 Å². The van der Waals surface area contributed by atoms with Crippen LogP contribution < -0.4 is 0 Å². The molecule has 0 spiro atoms. The lowest BCUT2D eigenvalue weighted by Crippen LogP contribution is -2.04. The van der Waals surface area contributed by atoms with Crippen LogP contribution in [0.2, 0.25) is 20.4 Å². The highest BCUT2D eigenvalue weighted by Crippen LogP contribution is 2.34. The number of halogens is 4. The largest absolute Gasteiger partial charge is 0.268 e. The fraction of sp³-hybridized carbons (Fsp3) is 0.273. The molecule has 0 atom stereocenters. The maximum atomic E-state index is 6.16. The molecule has 2 rings (SSSR count). The monoisotopic (exact) mass is 323 g/mol. The molecule has 0 aliphatic rings. The summed E-state index contributed by atoms with van der Waals surface area (Å²) in [5.74, 6) is 0.857. The molecule has 0 fully saturated rings. The fourth-order valence-corrected chi connectivity index (χ4v) is 2.40. The number of aromatic nitrogens is 3. The lowest BCUT2D eigenvalue weighted by molar-refractivity contribution is 0.746. The van der Waals surface area contributed by atoms with E-state index in [0.717, 1.165) is 0 Å². The second kappa shape index (κ2) is 5.25. The van der Waals surface area contributed by atoms with Gasteiger partial charge < -0.3 is 0 Å². The first kappa shape index (κ1) is 13.9. The SMILES string of the molecule is CC(C)c1nnc(Cl)n1-c1cc(Cl)c(Cl)cc1Cl. The second-order valence-corrected chi connectivity index (χ2v) is 5.59. The molecule has 1 aromatic carbocycles. The summed E-state index contributed by atoms with van der Waals surface area (Å²) in [7, 11) is 0. The zero-order chi connectivity index (χ0) is 13.4. The van der Waals surface area contributed by atoms with Crippen LogP contribution in [0, 0.1) is 0 Å². The van der Waals surface area contributed by atoms with Crippen molar-refractivity contribution in [1.29, 1.82) is 0 Å². The van der Waals surface area contributed by atoms with Gasteiger partial charge in [0.15, 0.2) is 0 Å². The van der Waals surface area contributed by atoms with E-state index in [1.165, 1.54) is 0 Å². The van der Waals surface area contributed by atoms with Gasteiger partial charge in [-0.3, -0.25) is 4.57 Å². The van der Waals surface area contributed by atoms with Crippen molar-refractivity contribution in [3.05, 3.63) is 38.3 Å². The van der Waals surface area contributed by atoms with Crippen LogP contribution in [0.3, 0.4) is 0 Å². The van der Waals surface area contributed by atoms with Gasteiger partial charge in [0, 0.05) is 5.92 Å². The summed E-state index contributed by atoms with van der Waals surface area (Å²) in [4.78, 5) is 0. The molecule has 0 aliphatic heterocycles. The molecule has 2 aromatic rings. The number of hydrogen-bond acceptors (Lipinski definition) is 2. The molecule has 1 aromatic heterocycles. The van der Waals surface area contributed by atoms with Crippen molar-refractivity contribution in [2.75, 3.05) is 0 Å². The van der Waals surface area contributed by atoms with Crippen LogP contribution in [0.1, 0.15) is 25.6 Å². The predicted molar refractivity (Wildman–Crippen MR) is 75.5 cm³/mol. The van der Waals surface area contributed by atoms with E-state index in [0.29, 0.717) is 26.6 Å². The second-order valence-electron chi connectivity index (χ2n) is 4.04. The van der Waals surface area contributed by atoms with Gasteiger partial charge in [-0.05, 0) is 23.7 Å². The van der Waals surface area contributed by atoms with Crippen molar-refractivity contribution in [3.63, 3.8) is 0 Å². The summed E-state index contributed by atoms with van der Waals surface area (Å²) in [5, 5.41) is 9.34. The van der Waals surface area contributed by atoms with Crippen molar-refractivity contribution in [2.45, 2.75) is 19.8 Å². The van der Waals surface area contributed by atoms with Crippen LogP contribution in [0.15, 0.2) is 12.1 Å². The molecule has 0 radical (unpaired) electrons. The number of nitrogens with zero attached hydrogens (tertiary/aromatic N) is 3. The van der Waals surface area contributed by atoms with Gasteiger partial charge in [-0.1, -0.05) is 48.7 Å². The Morgan fingerprint density at radius 2 is 1.56 bits per heavy atom. The fourth-order valence-electron chi connectivity index (χ4n) is 1.56. The Bertz CT molecular complexity index is 592. The smallest absolute Gasteiger partial charge is 0.229 e. The highest BCUT2D eigenvalue weighted by Gasteiger charge is 2.18. The van der Waals surface area contributed by atoms with E-state index < -0.39 is 0 Å². The van der Waals surface area contributed by atoms with Crippen LogP contribution in [-0.2, 0) is 0 Å². The van der Waals surface area contributed by atoms with Crippen molar-refractivity contribution < 1.29 is 0 Å². The van der Waals surface area contributed by atoms with Gasteiger partial charge in [-0.2, -0.15) is 0 Å². The van der Waals surface area contributed by atoms with E-state index >= 15 is 0 Å². The zero-order valence-corrected chi connectivity index (χ0v) is 12.6. The average molecular weight is 325 g/mol. The van der Waals surface area contributed by atoms with Gasteiger partial charge in [0.25, 0.3) is 0 Å². The molecule has 0 amide bonds. The molecular formula is C11H9Cl4N3. The van der Waals surface area contributed by atoms with Crippen LogP contribution in [0.5, 0.6) is 0 Å². The van der Waals surface area contributed by atoms with E-state index in [1.54, 1.807) is 16.7 Å². The molecule has 0 unspecified atom stereocenters. The van der Waals surface area contributed by atoms with Crippen molar-refractivity contribution in [3.8, 4) is 5.69 Å². The molecule has 18 heavy (non-hydrogen) atoms. The first-order chi connectivity index (χ1) is 8.41. The third kappa shape index (κ3) is 2.45. The molecule has 96 valence electrons. The summed E-state index contributed by atoms with van der Waals surface area (Å²) in [5.41, 5.74) is 0.616. The summed E-state index contributed by atoms with van der Waals surface area (Å²) in [6.07, 6.45) is 0. The number of rotatable bonds is 2. The van der Waals surface area contributed by atoms with Crippen molar-refractivity contribution in [1.82, 2.24) is 14.8 Å². The van der Waals surface area contributed by atoms with Crippen LogP contribution >= 0.6 is 46.4 Å². The zero-order valence-electron chi connectivity index (χ0n) is 9.59. The van der Waals surface area contributed by atoms with Crippen LogP contribution in [-0.4, -0.2) is 14.8 Å². The Hall–Kier alpha value is -0.480. The highest BCUT2D eigenvalue weighted by molar-refractivity contribution is 6.43. The minimum absolute atomic E-state index is 0.149. The summed E-state index contributed by atoms with van der Waals surface area (Å²) in [6.45, 7) is 3.98. The first-order valence-corrected chi connectivity index (χ1v) is 6.68. The quantitative estimate of drug-likeness (QED) is 0.727. The third-order valence-electron chi connectivity index (χ3n) is 2.40. The summed E-state index contributed by atoms with van der Waals surface area (Å²) in [6, 6.07) is 3.22. The maximum absolute atomic E-state index is 6.16. The Balaban J connectivity index is 2.69.